The largest absolute Gasteiger partial charge is 0.496 e. The molecule has 2 atom stereocenters. The van der Waals surface area contributed by atoms with Crippen LogP contribution in [0.2, 0.25) is 0 Å². The molecule has 0 bridgehead atoms. The van der Waals surface area contributed by atoms with Crippen LogP contribution in [0.25, 0.3) is 12.2 Å². The highest BCUT2D eigenvalue weighted by molar-refractivity contribution is 7.47. The molecule has 0 saturated carbocycles. The normalized spacial score (nSPS) is 13.0. The number of nitrogen functional groups attached to an aromatic ring is 1. The van der Waals surface area contributed by atoms with E-state index in [9.17, 15) is 0 Å². The molecule has 162 valence electrons. The van der Waals surface area contributed by atoms with E-state index < -0.39 is 0 Å². The van der Waals surface area contributed by atoms with Gasteiger partial charge in [0.1, 0.15) is 11.5 Å². The summed E-state index contributed by atoms with van der Waals surface area (Å²) in [5.74, 6) is 1.96. The van der Waals surface area contributed by atoms with Gasteiger partial charge in [-0.1, -0.05) is 77.8 Å². The van der Waals surface area contributed by atoms with Gasteiger partial charge in [-0.3, -0.25) is 0 Å². The van der Waals surface area contributed by atoms with E-state index in [1.165, 1.54) is 15.8 Å². The maximum Gasteiger partial charge on any atom is 0.126 e. The highest BCUT2D eigenvalue weighted by Gasteiger charge is 2.02. The highest BCUT2D eigenvalue weighted by atomic mass is 31.1. The fourth-order valence-corrected chi connectivity index (χ4v) is 5.72. The van der Waals surface area contributed by atoms with E-state index in [4.69, 9.17) is 15.2 Å². The van der Waals surface area contributed by atoms with Crippen molar-refractivity contribution in [3.05, 3.63) is 77.2 Å². The second-order valence-electron chi connectivity index (χ2n) is 7.09. The van der Waals surface area contributed by atoms with E-state index in [1.807, 2.05) is 36.4 Å². The number of hydrogen-bond donors (Lipinski definition) is 1. The zero-order valence-corrected chi connectivity index (χ0v) is 20.2. The van der Waals surface area contributed by atoms with Crippen LogP contribution in [-0.4, -0.2) is 26.5 Å². The lowest BCUT2D eigenvalue weighted by Gasteiger charge is -2.07. The van der Waals surface area contributed by atoms with Crippen LogP contribution in [-0.2, 0) is 0 Å². The van der Waals surface area contributed by atoms with E-state index >= 15 is 0 Å². The SMILES string of the molecule is COc1ccccc1PCCC=c1cccc(N)c1=CCCPc1ccccc1OC. The Kier molecular flexibility index (Phi) is 9.40. The first-order valence-corrected chi connectivity index (χ1v) is 12.9. The second-order valence-corrected chi connectivity index (χ2v) is 9.87. The summed E-state index contributed by atoms with van der Waals surface area (Å²) in [4.78, 5) is 0. The topological polar surface area (TPSA) is 44.5 Å². The van der Waals surface area contributed by atoms with Crippen LogP contribution in [0.3, 0.4) is 0 Å². The van der Waals surface area contributed by atoms with Gasteiger partial charge in [0.05, 0.1) is 14.2 Å². The predicted octanol–water partition coefficient (Wildman–Crippen LogP) is 3.64. The lowest BCUT2D eigenvalue weighted by Crippen LogP contribution is -2.27. The number of benzene rings is 3. The molecular weight excluding hydrogens is 420 g/mol. The van der Waals surface area contributed by atoms with Gasteiger partial charge in [0.2, 0.25) is 0 Å². The van der Waals surface area contributed by atoms with Crippen LogP contribution in [0.1, 0.15) is 12.8 Å². The zero-order chi connectivity index (χ0) is 21.9. The van der Waals surface area contributed by atoms with Crippen molar-refractivity contribution < 1.29 is 9.47 Å². The van der Waals surface area contributed by atoms with Crippen molar-refractivity contribution in [2.75, 3.05) is 32.3 Å². The van der Waals surface area contributed by atoms with E-state index in [1.54, 1.807) is 14.2 Å². The summed E-state index contributed by atoms with van der Waals surface area (Å²) in [5.41, 5.74) is 7.16. The molecule has 0 aliphatic carbocycles. The summed E-state index contributed by atoms with van der Waals surface area (Å²) >= 11 is 0. The molecule has 5 heteroatoms. The van der Waals surface area contributed by atoms with Gasteiger partial charge < -0.3 is 15.2 Å². The summed E-state index contributed by atoms with van der Waals surface area (Å²) < 4.78 is 10.9. The fraction of sp³-hybridized carbons (Fsp3) is 0.231. The van der Waals surface area contributed by atoms with Crippen LogP contribution in [0.4, 0.5) is 5.69 Å². The summed E-state index contributed by atoms with van der Waals surface area (Å²) in [7, 11) is 4.92. The van der Waals surface area contributed by atoms with Crippen LogP contribution in [0.5, 0.6) is 11.5 Å². The van der Waals surface area contributed by atoms with Crippen molar-refractivity contribution in [3.63, 3.8) is 0 Å². The molecule has 2 unspecified atom stereocenters. The van der Waals surface area contributed by atoms with Crippen molar-refractivity contribution >= 4 is 45.6 Å². The minimum atomic E-state index is 0.721. The molecule has 3 nitrogen and oxygen atoms in total. The zero-order valence-electron chi connectivity index (χ0n) is 18.2. The summed E-state index contributed by atoms with van der Waals surface area (Å²) in [6.07, 6.45) is 8.80. The first-order valence-electron chi connectivity index (χ1n) is 10.5. The first-order chi connectivity index (χ1) is 15.2. The Morgan fingerprint density at radius 2 is 1.26 bits per heavy atom. The Morgan fingerprint density at radius 1 is 0.710 bits per heavy atom. The van der Waals surface area contributed by atoms with Gasteiger partial charge in [-0.25, -0.2) is 0 Å². The molecule has 0 heterocycles. The number of rotatable bonds is 10. The Balaban J connectivity index is 1.63. The van der Waals surface area contributed by atoms with Gasteiger partial charge in [-0.2, -0.15) is 0 Å². The third-order valence-corrected chi connectivity index (χ3v) is 7.69. The molecule has 0 aliphatic rings. The minimum absolute atomic E-state index is 0.721. The lowest BCUT2D eigenvalue weighted by molar-refractivity contribution is 0.418. The number of hydrogen-bond acceptors (Lipinski definition) is 3. The summed E-state index contributed by atoms with van der Waals surface area (Å²) in [5, 5.41) is 4.96. The van der Waals surface area contributed by atoms with Gasteiger partial charge in [0.15, 0.2) is 0 Å². The number of methoxy groups -OCH3 is 2. The molecule has 3 aromatic carbocycles. The predicted molar refractivity (Wildman–Crippen MR) is 140 cm³/mol. The van der Waals surface area contributed by atoms with E-state index in [0.717, 1.165) is 64.7 Å². The molecule has 0 spiro atoms. The maximum atomic E-state index is 6.31. The van der Waals surface area contributed by atoms with E-state index in [2.05, 4.69) is 42.5 Å². The number of nitrogens with two attached hydrogens (primary N) is 1. The van der Waals surface area contributed by atoms with E-state index in [-0.39, 0.29) is 0 Å². The van der Waals surface area contributed by atoms with Gasteiger partial charge >= 0.3 is 0 Å². The number of ether oxygens (including phenoxy) is 2. The molecule has 0 aliphatic heterocycles. The minimum Gasteiger partial charge on any atom is -0.496 e. The van der Waals surface area contributed by atoms with Crippen molar-refractivity contribution in [1.82, 2.24) is 0 Å². The summed E-state index contributed by atoms with van der Waals surface area (Å²) in [6.45, 7) is 0. The Morgan fingerprint density at radius 3 is 1.84 bits per heavy atom. The standard InChI is InChI=1S/C26H31NO2P2/c1-28-23-14-3-5-16-25(23)30-18-8-11-20-10-7-13-22(27)21(20)12-9-19-31-26-17-6-4-15-24(26)29-2/h3-7,10-17,30-31H,8-9,18-19,27H2,1-2H3. The number of para-hydroxylation sites is 2. The van der Waals surface area contributed by atoms with Crippen molar-refractivity contribution in [2.24, 2.45) is 0 Å². The molecule has 31 heavy (non-hydrogen) atoms. The molecule has 2 N–H and O–H groups in total. The van der Waals surface area contributed by atoms with Crippen LogP contribution >= 0.6 is 17.2 Å². The Labute approximate surface area is 188 Å². The van der Waals surface area contributed by atoms with Crippen molar-refractivity contribution in [3.8, 4) is 11.5 Å². The van der Waals surface area contributed by atoms with E-state index in [0.29, 0.717) is 0 Å². The number of anilines is 1. The molecule has 0 amide bonds. The Bertz CT molecular complexity index is 1100. The molecule has 0 radical (unpaired) electrons. The summed E-state index contributed by atoms with van der Waals surface area (Å²) in [6, 6.07) is 22.7. The molecule has 0 fully saturated rings. The van der Waals surface area contributed by atoms with Crippen molar-refractivity contribution in [2.45, 2.75) is 12.8 Å². The Hall–Kier alpha value is -2.34. The monoisotopic (exact) mass is 451 g/mol. The van der Waals surface area contributed by atoms with Crippen LogP contribution < -0.4 is 36.3 Å². The molecule has 0 saturated heterocycles. The van der Waals surface area contributed by atoms with Gasteiger partial charge in [0, 0.05) is 21.5 Å². The molecule has 3 aromatic rings. The van der Waals surface area contributed by atoms with Gasteiger partial charge in [-0.15, -0.1) is 0 Å². The lowest BCUT2D eigenvalue weighted by atomic mass is 10.1. The highest BCUT2D eigenvalue weighted by Crippen LogP contribution is 2.20. The smallest absolute Gasteiger partial charge is 0.126 e. The average Bonchev–Trinajstić information content (AvgIpc) is 2.81. The third kappa shape index (κ3) is 6.82. The average molecular weight is 451 g/mol. The molecule has 0 aromatic heterocycles. The molecular formula is C26H31NO2P2. The van der Waals surface area contributed by atoms with Gasteiger partial charge in [0.25, 0.3) is 0 Å². The second kappa shape index (κ2) is 12.5. The third-order valence-electron chi connectivity index (χ3n) is 5.02. The molecule has 3 rings (SSSR count). The fourth-order valence-electron chi connectivity index (χ4n) is 3.45. The van der Waals surface area contributed by atoms with Gasteiger partial charge in [-0.05, 0) is 48.6 Å². The first kappa shape index (κ1) is 23.3. The van der Waals surface area contributed by atoms with Crippen LogP contribution in [0, 0.1) is 0 Å². The van der Waals surface area contributed by atoms with Crippen LogP contribution in [0.15, 0.2) is 66.7 Å². The maximum absolute atomic E-state index is 6.31. The van der Waals surface area contributed by atoms with Crippen molar-refractivity contribution in [1.29, 1.82) is 0 Å². The quantitative estimate of drug-likeness (QED) is 0.291.